The first kappa shape index (κ1) is 65.0. The van der Waals surface area contributed by atoms with Gasteiger partial charge in [-0.2, -0.15) is 13.2 Å². The standard InChI is InChI=1S/C38H51F3N5.C26H42N4.C5H12N2.Na/c1-5-7-16-37(3,4)24-33-31-22-28(43-17-10-8-11-18-43)14-15-35(31)46(27-38(39,40)41)36(33)32-23-30(25-42-34(32)6-2)45-21-20-44-19-12-9-13-29(44)26-45;1-5-18(2)27-19(3)25(22-9-6-7-10-22)29-14-8-13-26(15-29)16-30(17-26)20(4)23-24(28-23)21-11-12-21;1-7-5-3-2-4-6-7;/h5-6,14-15,22-23,25,29H,1,7-13,16-21,24,26-27H2,2-4H3;5,18,21-25,27-28H,1,3-4,6-17H2,2H3;6H,2-5H2,1H3;/q-1;;;+1. The zero-order valence-corrected chi connectivity index (χ0v) is 54.8. The van der Waals surface area contributed by atoms with Crippen molar-refractivity contribution in [1.29, 1.82) is 0 Å². The number of alkyl halides is 3. The Kier molecular flexibility index (Phi) is 22.3. The van der Waals surface area contributed by atoms with Crippen LogP contribution in [0, 0.1) is 29.1 Å². The number of benzene rings is 1. The molecule has 9 fully saturated rings. The zero-order valence-electron chi connectivity index (χ0n) is 52.8. The summed E-state index contributed by atoms with van der Waals surface area (Å²) in [4.78, 5) is 17.7. The van der Waals surface area contributed by atoms with Crippen LogP contribution in [0.4, 0.5) is 24.5 Å². The van der Waals surface area contributed by atoms with E-state index in [4.69, 9.17) is 4.98 Å². The first-order chi connectivity index (χ1) is 40.0. The minimum absolute atomic E-state index is 0. The molecule has 2 saturated carbocycles. The van der Waals surface area contributed by atoms with E-state index in [2.05, 4.69) is 112 Å². The van der Waals surface area contributed by atoms with E-state index in [1.165, 1.54) is 134 Å². The van der Waals surface area contributed by atoms with Gasteiger partial charge in [0, 0.05) is 136 Å². The number of hydrazine groups is 1. The summed E-state index contributed by atoms with van der Waals surface area (Å²) in [6.45, 7) is 37.6. The van der Waals surface area contributed by atoms with Crippen LogP contribution in [0.15, 0.2) is 80.3 Å². The molecule has 5 unspecified atom stereocenters. The Labute approximate surface area is 527 Å². The molecular formula is C69H105F3N11Na. The third-order valence-electron chi connectivity index (χ3n) is 20.5. The van der Waals surface area contributed by atoms with Crippen LogP contribution in [-0.2, 0) is 13.0 Å². The molecule has 9 heterocycles. The zero-order chi connectivity index (χ0) is 58.5. The number of hydrogen-bond donors (Lipinski definition) is 3. The summed E-state index contributed by atoms with van der Waals surface area (Å²) in [6.07, 6.45) is 26.8. The maximum atomic E-state index is 14.5. The number of likely N-dealkylation sites (tertiary alicyclic amines) is 2. The largest absolute Gasteiger partial charge is 1.00 e. The van der Waals surface area contributed by atoms with Crippen LogP contribution in [0.1, 0.15) is 155 Å². The van der Waals surface area contributed by atoms with E-state index in [1.54, 1.807) is 4.57 Å². The van der Waals surface area contributed by atoms with E-state index >= 15 is 0 Å². The fourth-order valence-corrected chi connectivity index (χ4v) is 15.7. The summed E-state index contributed by atoms with van der Waals surface area (Å²) in [5, 5.41) is 10.4. The van der Waals surface area contributed by atoms with Crippen molar-refractivity contribution >= 4 is 22.3 Å². The van der Waals surface area contributed by atoms with Crippen molar-refractivity contribution in [3.05, 3.63) is 98.0 Å². The van der Waals surface area contributed by atoms with Gasteiger partial charge >= 0.3 is 35.7 Å². The van der Waals surface area contributed by atoms with E-state index in [0.29, 0.717) is 41.2 Å². The molecule has 0 radical (unpaired) electrons. The number of pyridine rings is 1. The number of nitrogens with one attached hydrogen (secondary N) is 3. The maximum Gasteiger partial charge on any atom is 1.00 e. The summed E-state index contributed by atoms with van der Waals surface area (Å²) in [7, 11) is 2.08. The van der Waals surface area contributed by atoms with Crippen molar-refractivity contribution in [2.24, 2.45) is 22.7 Å². The van der Waals surface area contributed by atoms with Crippen LogP contribution >= 0.6 is 0 Å². The van der Waals surface area contributed by atoms with Gasteiger partial charge in [-0.1, -0.05) is 64.1 Å². The van der Waals surface area contributed by atoms with Crippen LogP contribution < -0.4 is 55.4 Å². The minimum atomic E-state index is -4.37. The molecule has 2 aromatic heterocycles. The number of allylic oxidation sites excluding steroid dienone is 1. The van der Waals surface area contributed by atoms with Crippen LogP contribution in [0.25, 0.3) is 22.2 Å². The van der Waals surface area contributed by atoms with E-state index in [9.17, 15) is 13.2 Å². The second-order valence-corrected chi connectivity index (χ2v) is 27.6. The molecule has 3 N–H and O–H groups in total. The molecule has 458 valence electrons. The number of nitrogens with zero attached hydrogens (tertiary/aromatic N) is 8. The smallest absolute Gasteiger partial charge is 0.382 e. The summed E-state index contributed by atoms with van der Waals surface area (Å²) in [5.41, 5.74) is 12.1. The summed E-state index contributed by atoms with van der Waals surface area (Å²) >= 11 is 0. The van der Waals surface area contributed by atoms with Crippen molar-refractivity contribution < 1.29 is 42.7 Å². The Morgan fingerprint density at radius 1 is 0.857 bits per heavy atom. The van der Waals surface area contributed by atoms with Crippen molar-refractivity contribution in [2.45, 2.75) is 193 Å². The molecule has 9 aliphatic rings. The molecule has 15 heteroatoms. The van der Waals surface area contributed by atoms with Crippen LogP contribution in [0.3, 0.4) is 0 Å². The third kappa shape index (κ3) is 16.0. The summed E-state index contributed by atoms with van der Waals surface area (Å²) in [6, 6.07) is 10.9. The van der Waals surface area contributed by atoms with Gasteiger partial charge in [0.15, 0.2) is 0 Å². The average molecular weight is 1170 g/mol. The second-order valence-electron chi connectivity index (χ2n) is 27.6. The van der Waals surface area contributed by atoms with Crippen LogP contribution in [-0.4, -0.2) is 151 Å². The minimum Gasteiger partial charge on any atom is -0.382 e. The Bertz CT molecular complexity index is 2670. The maximum absolute atomic E-state index is 14.5. The Morgan fingerprint density at radius 2 is 1.60 bits per heavy atom. The molecule has 84 heavy (non-hydrogen) atoms. The molecule has 12 rings (SSSR count). The predicted molar refractivity (Wildman–Crippen MR) is 340 cm³/mol. The average Bonchev–Trinajstić information content (AvgIpc) is 2.00. The van der Waals surface area contributed by atoms with Crippen molar-refractivity contribution in [2.75, 3.05) is 95.4 Å². The van der Waals surface area contributed by atoms with Crippen LogP contribution in [0.5, 0.6) is 0 Å². The molecule has 0 bridgehead atoms. The number of piperidine rings is 3. The molecule has 1 aromatic carbocycles. The van der Waals surface area contributed by atoms with Gasteiger partial charge in [0.05, 0.1) is 12.1 Å². The summed E-state index contributed by atoms with van der Waals surface area (Å²) in [5.74, 6) is 1.70. The van der Waals surface area contributed by atoms with Gasteiger partial charge in [-0.15, -0.1) is 31.7 Å². The monoisotopic (exact) mass is 1170 g/mol. The number of anilines is 2. The third-order valence-corrected chi connectivity index (χ3v) is 20.5. The number of hydrogen-bond acceptors (Lipinski definition) is 10. The van der Waals surface area contributed by atoms with Crippen molar-refractivity contribution in [3.8, 4) is 11.3 Å². The summed E-state index contributed by atoms with van der Waals surface area (Å²) < 4.78 is 45.0. The number of halogens is 3. The van der Waals surface area contributed by atoms with Gasteiger partial charge in [0.2, 0.25) is 0 Å². The van der Waals surface area contributed by atoms with E-state index in [1.807, 2.05) is 43.8 Å². The first-order valence-corrected chi connectivity index (χ1v) is 32.8. The quantitative estimate of drug-likeness (QED) is 0.0467. The predicted octanol–water partition coefficient (Wildman–Crippen LogP) is 10.1. The van der Waals surface area contributed by atoms with E-state index in [-0.39, 0.29) is 41.0 Å². The second kappa shape index (κ2) is 28.8. The van der Waals surface area contributed by atoms with Crippen molar-refractivity contribution in [1.82, 2.24) is 45.3 Å². The molecule has 7 saturated heterocycles. The van der Waals surface area contributed by atoms with Gasteiger partial charge in [-0.25, -0.2) is 11.4 Å². The number of fused-ring (bicyclic) bond motifs is 2. The molecule has 11 nitrogen and oxygen atoms in total. The number of rotatable bonds is 19. The Hall–Kier alpha value is -3.47. The first-order valence-electron chi connectivity index (χ1n) is 32.8. The van der Waals surface area contributed by atoms with Gasteiger partial charge in [0.25, 0.3) is 0 Å². The SMILES string of the molecule is C=CC(C)NC(=C)C(C1CCCC1)N1CCCC2(CN(C(=C)C3NC3C3CC3)C2)C1.C=CCCC(C)(C)Cc1c(-c2cc(N3CCN4CCCCC4C3)cnc2[CH-]C)n(CC(F)(F)F)c2ccc(N3CCCCC3)cc12.CN1CCCCN1.[Na+]. The topological polar surface area (TPSA) is 83.3 Å². The van der Waals surface area contributed by atoms with Crippen molar-refractivity contribution in [3.63, 3.8) is 0 Å². The fraction of sp³-hybridized carbons (Fsp3) is 0.681. The van der Waals surface area contributed by atoms with Gasteiger partial charge in [-0.3, -0.25) is 20.2 Å². The van der Waals surface area contributed by atoms with Crippen LogP contribution in [0.2, 0.25) is 0 Å². The van der Waals surface area contributed by atoms with E-state index in [0.717, 1.165) is 123 Å². The molecule has 5 atom stereocenters. The number of piperazine rings is 1. The fourth-order valence-electron chi connectivity index (χ4n) is 15.7. The molecule has 0 amide bonds. The van der Waals surface area contributed by atoms with E-state index < -0.39 is 12.7 Å². The normalized spacial score (nSPS) is 24.8. The molecule has 3 aromatic rings. The van der Waals surface area contributed by atoms with Gasteiger partial charge in [0.1, 0.15) is 6.54 Å². The molecule has 1 spiro atoms. The molecule has 7 aliphatic heterocycles. The molecular weight excluding hydrogens is 1060 g/mol. The van der Waals surface area contributed by atoms with Gasteiger partial charge < -0.3 is 29.9 Å². The number of aromatic nitrogens is 2. The molecule has 2 aliphatic carbocycles. The Morgan fingerprint density at radius 3 is 2.26 bits per heavy atom. The van der Waals surface area contributed by atoms with Gasteiger partial charge in [-0.05, 0) is 169 Å². The Balaban J connectivity index is 0.000000190.